The van der Waals surface area contributed by atoms with E-state index < -0.39 is 21.1 Å². The summed E-state index contributed by atoms with van der Waals surface area (Å²) in [5, 5.41) is 8.36. The van der Waals surface area contributed by atoms with E-state index in [2.05, 4.69) is 4.98 Å². The Labute approximate surface area is 91.7 Å². The van der Waals surface area contributed by atoms with Crippen LogP contribution in [0, 0.1) is 6.92 Å². The zero-order chi connectivity index (χ0) is 11.8. The first-order chi connectivity index (χ1) is 6.73. The molecule has 1 aromatic rings. The first-order valence-corrected chi connectivity index (χ1v) is 6.90. The van der Waals surface area contributed by atoms with Crippen LogP contribution in [-0.4, -0.2) is 30.7 Å². The second-order valence-corrected chi connectivity index (χ2v) is 6.64. The highest BCUT2D eigenvalue weighted by molar-refractivity contribution is 7.91. The second-order valence-electron chi connectivity index (χ2n) is 3.24. The Morgan fingerprint density at radius 2 is 2.07 bits per heavy atom. The van der Waals surface area contributed by atoms with Crippen LogP contribution < -0.4 is 0 Å². The molecule has 1 heterocycles. The number of sulfone groups is 1. The summed E-state index contributed by atoms with van der Waals surface area (Å²) in [5.74, 6) is -1.07. The molecule has 0 aromatic carbocycles. The summed E-state index contributed by atoms with van der Waals surface area (Å²) >= 11 is 0.913. The van der Waals surface area contributed by atoms with E-state index in [9.17, 15) is 13.2 Å². The van der Waals surface area contributed by atoms with Crippen molar-refractivity contribution in [1.29, 1.82) is 0 Å². The second kappa shape index (κ2) is 3.90. The molecule has 0 aliphatic heterocycles. The van der Waals surface area contributed by atoms with Crippen molar-refractivity contribution in [2.45, 2.75) is 19.1 Å². The number of aryl methyl sites for hydroxylation is 1. The first-order valence-electron chi connectivity index (χ1n) is 4.13. The maximum absolute atomic E-state index is 11.2. The number of carbonyl (C=O) groups is 1. The van der Waals surface area contributed by atoms with Crippen LogP contribution in [0.3, 0.4) is 0 Å². The van der Waals surface area contributed by atoms with Crippen molar-refractivity contribution < 1.29 is 18.3 Å². The van der Waals surface area contributed by atoms with Crippen molar-refractivity contribution >= 4 is 27.1 Å². The molecule has 0 spiro atoms. The van der Waals surface area contributed by atoms with E-state index in [0.717, 1.165) is 17.6 Å². The number of aromatic carboxylic acids is 1. The lowest BCUT2D eigenvalue weighted by molar-refractivity contribution is 0.0701. The number of carboxylic acid groups (broad SMARTS) is 1. The Morgan fingerprint density at radius 1 is 1.53 bits per heavy atom. The molecule has 0 bridgehead atoms. The third-order valence-corrected chi connectivity index (χ3v) is 4.98. The summed E-state index contributed by atoms with van der Waals surface area (Å²) < 4.78 is 22.5. The minimum atomic E-state index is -3.23. The van der Waals surface area contributed by atoms with E-state index in [1.54, 1.807) is 6.92 Å². The number of thiazole rings is 1. The van der Waals surface area contributed by atoms with Crippen LogP contribution in [0.1, 0.15) is 32.5 Å². The van der Waals surface area contributed by atoms with Crippen LogP contribution in [0.4, 0.5) is 0 Å². The van der Waals surface area contributed by atoms with Crippen molar-refractivity contribution in [3.8, 4) is 0 Å². The number of rotatable bonds is 3. The van der Waals surface area contributed by atoms with Gasteiger partial charge in [-0.05, 0) is 13.8 Å². The molecule has 0 fully saturated rings. The minimum absolute atomic E-state index is 0.0977. The molecule has 0 saturated heterocycles. The number of aromatic nitrogens is 1. The fraction of sp³-hybridized carbons (Fsp3) is 0.500. The van der Waals surface area contributed by atoms with Gasteiger partial charge in [0.25, 0.3) is 0 Å². The third kappa shape index (κ3) is 2.54. The Bertz CT molecular complexity index is 489. The molecule has 5 nitrogen and oxygen atoms in total. The third-order valence-electron chi connectivity index (χ3n) is 2.00. The first kappa shape index (κ1) is 12.1. The molecule has 0 aliphatic rings. The van der Waals surface area contributed by atoms with Gasteiger partial charge in [-0.15, -0.1) is 11.3 Å². The van der Waals surface area contributed by atoms with Crippen LogP contribution in [0.2, 0.25) is 0 Å². The smallest absolute Gasteiger partial charge is 0.347 e. The number of hydrogen-bond donors (Lipinski definition) is 1. The van der Waals surface area contributed by atoms with Crippen LogP contribution in [0.15, 0.2) is 0 Å². The summed E-state index contributed by atoms with van der Waals surface area (Å²) in [5.41, 5.74) is 0.359. The van der Waals surface area contributed by atoms with Gasteiger partial charge in [0.2, 0.25) is 0 Å². The van der Waals surface area contributed by atoms with Crippen molar-refractivity contribution in [1.82, 2.24) is 4.98 Å². The molecule has 0 saturated carbocycles. The molecule has 1 aromatic heterocycles. The number of hydrogen-bond acceptors (Lipinski definition) is 5. The monoisotopic (exact) mass is 249 g/mol. The van der Waals surface area contributed by atoms with E-state index in [-0.39, 0.29) is 4.88 Å². The van der Waals surface area contributed by atoms with E-state index >= 15 is 0 Å². The van der Waals surface area contributed by atoms with Crippen molar-refractivity contribution in [3.63, 3.8) is 0 Å². The van der Waals surface area contributed by atoms with Crippen LogP contribution >= 0.6 is 11.3 Å². The van der Waals surface area contributed by atoms with Crippen molar-refractivity contribution in [2.75, 3.05) is 6.26 Å². The van der Waals surface area contributed by atoms with Gasteiger partial charge in [0.05, 0.1) is 5.69 Å². The molecule has 1 rings (SSSR count). The largest absolute Gasteiger partial charge is 0.477 e. The van der Waals surface area contributed by atoms with Crippen molar-refractivity contribution in [3.05, 3.63) is 15.6 Å². The van der Waals surface area contributed by atoms with Crippen LogP contribution in [0.25, 0.3) is 0 Å². The summed E-state index contributed by atoms with van der Waals surface area (Å²) in [7, 11) is -3.23. The average molecular weight is 249 g/mol. The van der Waals surface area contributed by atoms with Gasteiger partial charge in [0.1, 0.15) is 15.1 Å². The molecule has 0 aliphatic carbocycles. The maximum Gasteiger partial charge on any atom is 0.347 e. The highest BCUT2D eigenvalue weighted by Crippen LogP contribution is 2.27. The SMILES string of the molecule is Cc1nc(C(C)S(C)(=O)=O)sc1C(=O)O. The molecule has 1 unspecified atom stereocenters. The lowest BCUT2D eigenvalue weighted by Gasteiger charge is -2.03. The van der Waals surface area contributed by atoms with E-state index in [1.807, 2.05) is 0 Å². The Morgan fingerprint density at radius 3 is 2.40 bits per heavy atom. The molecular weight excluding hydrogens is 238 g/mol. The fourth-order valence-corrected chi connectivity index (χ4v) is 2.90. The van der Waals surface area contributed by atoms with Crippen LogP contribution in [0.5, 0.6) is 0 Å². The van der Waals surface area contributed by atoms with Gasteiger partial charge in [-0.3, -0.25) is 0 Å². The highest BCUT2D eigenvalue weighted by Gasteiger charge is 2.24. The molecule has 0 amide bonds. The molecular formula is C8H11NO4S2. The molecule has 15 heavy (non-hydrogen) atoms. The molecule has 0 radical (unpaired) electrons. The lowest BCUT2D eigenvalue weighted by atomic mass is 10.4. The van der Waals surface area contributed by atoms with Gasteiger partial charge in [-0.2, -0.15) is 0 Å². The molecule has 1 atom stereocenters. The number of nitrogens with zero attached hydrogens (tertiary/aromatic N) is 1. The van der Waals surface area contributed by atoms with Gasteiger partial charge >= 0.3 is 5.97 Å². The van der Waals surface area contributed by atoms with Gasteiger partial charge < -0.3 is 5.11 Å². The minimum Gasteiger partial charge on any atom is -0.477 e. The summed E-state index contributed by atoms with van der Waals surface area (Å²) in [4.78, 5) is 14.8. The molecule has 7 heteroatoms. The van der Waals surface area contributed by atoms with Gasteiger partial charge in [-0.25, -0.2) is 18.2 Å². The molecule has 84 valence electrons. The Balaban J connectivity index is 3.19. The zero-order valence-corrected chi connectivity index (χ0v) is 10.1. The maximum atomic E-state index is 11.2. The van der Waals surface area contributed by atoms with Gasteiger partial charge in [0.15, 0.2) is 9.84 Å². The van der Waals surface area contributed by atoms with E-state index in [1.165, 1.54) is 6.92 Å². The Kier molecular flexibility index (Phi) is 3.15. The van der Waals surface area contributed by atoms with E-state index in [0.29, 0.717) is 10.7 Å². The zero-order valence-electron chi connectivity index (χ0n) is 8.51. The van der Waals surface area contributed by atoms with E-state index in [4.69, 9.17) is 5.11 Å². The molecule has 1 N–H and O–H groups in total. The fourth-order valence-electron chi connectivity index (χ4n) is 0.973. The van der Waals surface area contributed by atoms with Gasteiger partial charge in [0, 0.05) is 6.26 Å². The van der Waals surface area contributed by atoms with Crippen LogP contribution in [-0.2, 0) is 9.84 Å². The lowest BCUT2D eigenvalue weighted by Crippen LogP contribution is -2.07. The topological polar surface area (TPSA) is 84.3 Å². The average Bonchev–Trinajstić information content (AvgIpc) is 2.44. The number of carboxylic acids is 1. The summed E-state index contributed by atoms with van der Waals surface area (Å²) in [6, 6.07) is 0. The highest BCUT2D eigenvalue weighted by atomic mass is 32.2. The summed E-state index contributed by atoms with van der Waals surface area (Å²) in [6.07, 6.45) is 1.11. The Hall–Kier alpha value is -0.950. The predicted molar refractivity (Wildman–Crippen MR) is 57.1 cm³/mol. The quantitative estimate of drug-likeness (QED) is 0.871. The normalized spacial score (nSPS) is 13.8. The predicted octanol–water partition coefficient (Wildman–Crippen LogP) is 1.26. The van der Waals surface area contributed by atoms with Crippen molar-refractivity contribution in [2.24, 2.45) is 0 Å². The standard InChI is InChI=1S/C8H11NO4S2/c1-4-6(8(10)11)14-7(9-4)5(2)15(3,12)13/h5H,1-3H3,(H,10,11). The van der Waals surface area contributed by atoms with Gasteiger partial charge in [-0.1, -0.05) is 0 Å². The summed E-state index contributed by atoms with van der Waals surface area (Å²) in [6.45, 7) is 3.05.